The van der Waals surface area contributed by atoms with Crippen molar-refractivity contribution in [3.05, 3.63) is 59.4 Å². The summed E-state index contributed by atoms with van der Waals surface area (Å²) in [5.41, 5.74) is 2.07. The van der Waals surface area contributed by atoms with Gasteiger partial charge in [-0.2, -0.15) is 0 Å². The van der Waals surface area contributed by atoms with Crippen LogP contribution in [0.5, 0.6) is 0 Å². The molecule has 3 rings (SSSR count). The van der Waals surface area contributed by atoms with Crippen molar-refractivity contribution in [2.75, 3.05) is 5.32 Å². The molecule has 1 amide bonds. The van der Waals surface area contributed by atoms with Crippen LogP contribution in [-0.2, 0) is 20.7 Å². The third kappa shape index (κ3) is 4.40. The largest absolute Gasteiger partial charge is 0.453 e. The first-order chi connectivity index (χ1) is 12.5. The van der Waals surface area contributed by atoms with E-state index >= 15 is 0 Å². The Labute approximate surface area is 155 Å². The summed E-state index contributed by atoms with van der Waals surface area (Å²) in [4.78, 5) is 31.3. The Bertz CT molecular complexity index is 921. The molecule has 0 spiro atoms. The molecule has 2 heterocycles. The minimum Gasteiger partial charge on any atom is -0.453 e. The van der Waals surface area contributed by atoms with Crippen molar-refractivity contribution >= 4 is 40.2 Å². The number of halogens is 1. The van der Waals surface area contributed by atoms with Gasteiger partial charge in [-0.3, -0.25) is 9.59 Å². The number of fused-ring (bicyclic) bond motifs is 1. The number of esters is 1. The molecule has 0 saturated carbocycles. The van der Waals surface area contributed by atoms with Crippen LogP contribution in [0, 0.1) is 0 Å². The number of aromatic amines is 1. The lowest BCUT2D eigenvalue weighted by Crippen LogP contribution is -2.30. The minimum absolute atomic E-state index is 0.193. The highest BCUT2D eigenvalue weighted by atomic mass is 35.5. The van der Waals surface area contributed by atoms with Crippen molar-refractivity contribution in [2.24, 2.45) is 0 Å². The van der Waals surface area contributed by atoms with Crippen molar-refractivity contribution in [2.45, 2.75) is 25.9 Å². The number of anilines is 1. The summed E-state index contributed by atoms with van der Waals surface area (Å²) in [6.07, 6.45) is 3.13. The number of benzene rings is 1. The fourth-order valence-corrected chi connectivity index (χ4v) is 2.67. The van der Waals surface area contributed by atoms with Crippen LogP contribution in [-0.4, -0.2) is 27.9 Å². The van der Waals surface area contributed by atoms with Crippen LogP contribution >= 0.6 is 11.6 Å². The lowest BCUT2D eigenvalue weighted by molar-refractivity contribution is -0.153. The van der Waals surface area contributed by atoms with Gasteiger partial charge in [0, 0.05) is 29.7 Å². The van der Waals surface area contributed by atoms with E-state index in [4.69, 9.17) is 16.3 Å². The maximum Gasteiger partial charge on any atom is 0.306 e. The number of amides is 1. The van der Waals surface area contributed by atoms with Crippen LogP contribution in [0.4, 0.5) is 5.82 Å². The van der Waals surface area contributed by atoms with Gasteiger partial charge in [0.15, 0.2) is 6.10 Å². The Hall–Kier alpha value is -2.86. The number of para-hydroxylation sites is 1. The molecule has 1 aromatic carbocycles. The average molecular weight is 372 g/mol. The summed E-state index contributed by atoms with van der Waals surface area (Å²) in [5.74, 6) is -0.525. The summed E-state index contributed by atoms with van der Waals surface area (Å²) in [6, 6.07) is 11.1. The van der Waals surface area contributed by atoms with Gasteiger partial charge >= 0.3 is 5.97 Å². The molecule has 2 aromatic heterocycles. The summed E-state index contributed by atoms with van der Waals surface area (Å²) >= 11 is 5.75. The van der Waals surface area contributed by atoms with E-state index in [-0.39, 0.29) is 6.42 Å². The molecule has 3 aromatic rings. The Kier molecular flexibility index (Phi) is 5.53. The summed E-state index contributed by atoms with van der Waals surface area (Å²) in [5, 5.41) is 4.13. The fraction of sp³-hybridized carbons (Fsp3) is 0.211. The highest BCUT2D eigenvalue weighted by Crippen LogP contribution is 2.19. The summed E-state index contributed by atoms with van der Waals surface area (Å²) < 4.78 is 5.20. The van der Waals surface area contributed by atoms with E-state index in [0.717, 1.165) is 16.5 Å². The molecule has 0 radical (unpaired) electrons. The summed E-state index contributed by atoms with van der Waals surface area (Å²) in [7, 11) is 0. The fourth-order valence-electron chi connectivity index (χ4n) is 2.56. The van der Waals surface area contributed by atoms with Crippen LogP contribution in [0.3, 0.4) is 0 Å². The first-order valence-electron chi connectivity index (χ1n) is 8.20. The van der Waals surface area contributed by atoms with Crippen molar-refractivity contribution in [3.8, 4) is 0 Å². The van der Waals surface area contributed by atoms with Crippen molar-refractivity contribution < 1.29 is 14.3 Å². The molecule has 26 heavy (non-hydrogen) atoms. The molecule has 134 valence electrons. The molecule has 0 unspecified atom stereocenters. The number of carbonyl (C=O) groups excluding carboxylic acids is 2. The van der Waals surface area contributed by atoms with E-state index in [1.54, 1.807) is 12.1 Å². The zero-order chi connectivity index (χ0) is 18.5. The van der Waals surface area contributed by atoms with Crippen LogP contribution in [0.15, 0.2) is 48.8 Å². The molecule has 0 fully saturated rings. The number of aryl methyl sites for hydroxylation is 1. The molecular formula is C19H18ClN3O3. The Balaban J connectivity index is 1.50. The highest BCUT2D eigenvalue weighted by Gasteiger charge is 2.18. The number of carbonyl (C=O) groups is 2. The van der Waals surface area contributed by atoms with E-state index in [2.05, 4.69) is 15.3 Å². The van der Waals surface area contributed by atoms with Crippen LogP contribution < -0.4 is 5.32 Å². The molecule has 2 N–H and O–H groups in total. The predicted octanol–water partition coefficient (Wildman–Crippen LogP) is 3.72. The van der Waals surface area contributed by atoms with Crippen molar-refractivity contribution in [1.29, 1.82) is 0 Å². The number of aromatic nitrogens is 2. The molecule has 0 saturated heterocycles. The van der Waals surface area contributed by atoms with Crippen LogP contribution in [0.1, 0.15) is 18.9 Å². The van der Waals surface area contributed by atoms with E-state index in [1.165, 1.54) is 13.1 Å². The van der Waals surface area contributed by atoms with Gasteiger partial charge in [-0.1, -0.05) is 29.8 Å². The van der Waals surface area contributed by atoms with Gasteiger partial charge in [-0.05, 0) is 37.1 Å². The van der Waals surface area contributed by atoms with Gasteiger partial charge in [0.2, 0.25) is 0 Å². The smallest absolute Gasteiger partial charge is 0.306 e. The lowest BCUT2D eigenvalue weighted by atomic mass is 10.1. The molecule has 0 aliphatic heterocycles. The zero-order valence-electron chi connectivity index (χ0n) is 14.2. The third-order valence-corrected chi connectivity index (χ3v) is 4.15. The number of rotatable bonds is 6. The molecular weight excluding hydrogens is 354 g/mol. The number of pyridine rings is 1. The first-order valence-corrected chi connectivity index (χ1v) is 8.57. The Morgan fingerprint density at radius 2 is 2.08 bits per heavy atom. The molecule has 0 aliphatic rings. The topological polar surface area (TPSA) is 84.1 Å². The second-order valence-corrected chi connectivity index (χ2v) is 6.28. The van der Waals surface area contributed by atoms with Gasteiger partial charge < -0.3 is 15.0 Å². The molecule has 0 bridgehead atoms. The molecule has 0 aliphatic carbocycles. The molecule has 1 atom stereocenters. The van der Waals surface area contributed by atoms with Crippen molar-refractivity contribution in [3.63, 3.8) is 0 Å². The number of ether oxygens (including phenoxy) is 1. The van der Waals surface area contributed by atoms with E-state index in [1.807, 2.05) is 30.5 Å². The predicted molar refractivity (Wildman–Crippen MR) is 100 cm³/mol. The van der Waals surface area contributed by atoms with Gasteiger partial charge in [0.25, 0.3) is 5.91 Å². The summed E-state index contributed by atoms with van der Waals surface area (Å²) in [6.45, 7) is 1.52. The number of hydrogen-bond acceptors (Lipinski definition) is 4. The van der Waals surface area contributed by atoms with Crippen LogP contribution in [0.25, 0.3) is 10.9 Å². The van der Waals surface area contributed by atoms with Gasteiger partial charge in [-0.25, -0.2) is 4.98 Å². The monoisotopic (exact) mass is 371 g/mol. The van der Waals surface area contributed by atoms with E-state index in [9.17, 15) is 9.59 Å². The SMILES string of the molecule is C[C@@H](OC(=O)CCc1c[nH]c2ccccc12)C(=O)Nc1ccc(Cl)cn1. The van der Waals surface area contributed by atoms with Crippen LogP contribution in [0.2, 0.25) is 5.02 Å². The maximum atomic E-state index is 12.1. The van der Waals surface area contributed by atoms with E-state index < -0.39 is 18.0 Å². The standard InChI is InChI=1S/C19H18ClN3O3/c1-12(19(25)23-17-8-7-14(20)11-22-17)26-18(24)9-6-13-10-21-16-5-3-2-4-15(13)16/h2-5,7-8,10-12,21H,6,9H2,1H3,(H,22,23,25)/t12-/m1/s1. The minimum atomic E-state index is -0.914. The van der Waals surface area contributed by atoms with Gasteiger partial charge in [0.05, 0.1) is 5.02 Å². The number of nitrogens with zero attached hydrogens (tertiary/aromatic N) is 1. The third-order valence-electron chi connectivity index (χ3n) is 3.93. The second kappa shape index (κ2) is 8.01. The highest BCUT2D eigenvalue weighted by molar-refractivity contribution is 6.30. The number of hydrogen-bond donors (Lipinski definition) is 2. The molecule has 7 heteroatoms. The first kappa shape index (κ1) is 17.9. The zero-order valence-corrected chi connectivity index (χ0v) is 14.9. The van der Waals surface area contributed by atoms with E-state index in [0.29, 0.717) is 17.3 Å². The normalized spacial score (nSPS) is 11.9. The van der Waals surface area contributed by atoms with Crippen molar-refractivity contribution in [1.82, 2.24) is 9.97 Å². The number of nitrogens with one attached hydrogen (secondary N) is 2. The second-order valence-electron chi connectivity index (χ2n) is 5.84. The average Bonchev–Trinajstić information content (AvgIpc) is 3.05. The molecule has 6 nitrogen and oxygen atoms in total. The Morgan fingerprint density at radius 3 is 2.85 bits per heavy atom. The Morgan fingerprint density at radius 1 is 1.27 bits per heavy atom. The maximum absolute atomic E-state index is 12.1. The number of H-pyrrole nitrogens is 1. The lowest BCUT2D eigenvalue weighted by Gasteiger charge is -2.13. The van der Waals surface area contributed by atoms with Gasteiger partial charge in [0.1, 0.15) is 5.82 Å². The van der Waals surface area contributed by atoms with Gasteiger partial charge in [-0.15, -0.1) is 0 Å². The quantitative estimate of drug-likeness (QED) is 0.647.